The van der Waals surface area contributed by atoms with Crippen molar-refractivity contribution in [1.82, 2.24) is 4.31 Å². The molecule has 0 heterocycles. The second-order valence-electron chi connectivity index (χ2n) is 3.98. The lowest BCUT2D eigenvalue weighted by Crippen LogP contribution is -2.32. The molecule has 0 atom stereocenters. The zero-order valence-electron chi connectivity index (χ0n) is 11.4. The maximum atomic E-state index is 12.3. The standard InChI is InChI=1S/C13H21NO4S/c1-3-14(10-5-11-15)19(16,17)13-8-6-12(7-9-13)18-4-2/h6-9,15H,3-5,10-11H2,1-2H3. The highest BCUT2D eigenvalue weighted by atomic mass is 32.2. The molecule has 19 heavy (non-hydrogen) atoms. The molecule has 0 fully saturated rings. The topological polar surface area (TPSA) is 66.8 Å². The number of nitrogens with zero attached hydrogens (tertiary/aromatic N) is 1. The molecular weight excluding hydrogens is 266 g/mol. The highest BCUT2D eigenvalue weighted by Crippen LogP contribution is 2.19. The third-order valence-electron chi connectivity index (χ3n) is 2.69. The fraction of sp³-hybridized carbons (Fsp3) is 0.538. The Hall–Kier alpha value is -1.11. The Kier molecular flexibility index (Phi) is 6.27. The van der Waals surface area contributed by atoms with Gasteiger partial charge in [0.1, 0.15) is 5.75 Å². The third-order valence-corrected chi connectivity index (χ3v) is 4.68. The van der Waals surface area contributed by atoms with Crippen molar-refractivity contribution in [2.75, 3.05) is 26.3 Å². The van der Waals surface area contributed by atoms with E-state index >= 15 is 0 Å². The lowest BCUT2D eigenvalue weighted by molar-refractivity contribution is 0.271. The number of benzene rings is 1. The summed E-state index contributed by atoms with van der Waals surface area (Å²) < 4.78 is 31.3. The first-order valence-electron chi connectivity index (χ1n) is 6.40. The zero-order chi connectivity index (χ0) is 14.3. The molecule has 0 aliphatic carbocycles. The van der Waals surface area contributed by atoms with E-state index in [1.54, 1.807) is 31.2 Å². The van der Waals surface area contributed by atoms with E-state index in [-0.39, 0.29) is 11.5 Å². The highest BCUT2D eigenvalue weighted by Gasteiger charge is 2.22. The number of rotatable bonds is 8. The molecule has 0 spiro atoms. The zero-order valence-corrected chi connectivity index (χ0v) is 12.2. The van der Waals surface area contributed by atoms with Crippen molar-refractivity contribution in [3.05, 3.63) is 24.3 Å². The van der Waals surface area contributed by atoms with Gasteiger partial charge in [0.25, 0.3) is 0 Å². The molecule has 6 heteroatoms. The summed E-state index contributed by atoms with van der Waals surface area (Å²) in [7, 11) is -3.49. The van der Waals surface area contributed by atoms with Crippen LogP contribution in [-0.2, 0) is 10.0 Å². The van der Waals surface area contributed by atoms with Gasteiger partial charge in [0, 0.05) is 19.7 Å². The van der Waals surface area contributed by atoms with E-state index in [2.05, 4.69) is 0 Å². The molecule has 0 unspecified atom stereocenters. The van der Waals surface area contributed by atoms with Gasteiger partial charge < -0.3 is 9.84 Å². The van der Waals surface area contributed by atoms with Gasteiger partial charge in [-0.25, -0.2) is 8.42 Å². The van der Waals surface area contributed by atoms with Crippen molar-refractivity contribution in [3.8, 4) is 5.75 Å². The van der Waals surface area contributed by atoms with E-state index in [4.69, 9.17) is 9.84 Å². The monoisotopic (exact) mass is 287 g/mol. The quantitative estimate of drug-likeness (QED) is 0.786. The molecule has 0 saturated carbocycles. The summed E-state index contributed by atoms with van der Waals surface area (Å²) in [4.78, 5) is 0.246. The summed E-state index contributed by atoms with van der Waals surface area (Å²) in [6.07, 6.45) is 0.435. The smallest absolute Gasteiger partial charge is 0.243 e. The number of aliphatic hydroxyl groups excluding tert-OH is 1. The lowest BCUT2D eigenvalue weighted by Gasteiger charge is -2.20. The number of aliphatic hydroxyl groups is 1. The van der Waals surface area contributed by atoms with Gasteiger partial charge in [-0.2, -0.15) is 4.31 Å². The first-order valence-corrected chi connectivity index (χ1v) is 7.84. The maximum absolute atomic E-state index is 12.3. The Labute approximate surface area is 114 Å². The Morgan fingerprint density at radius 2 is 1.84 bits per heavy atom. The summed E-state index contributed by atoms with van der Waals surface area (Å²) >= 11 is 0. The van der Waals surface area contributed by atoms with Crippen molar-refractivity contribution in [3.63, 3.8) is 0 Å². The average molecular weight is 287 g/mol. The van der Waals surface area contributed by atoms with Crippen molar-refractivity contribution >= 4 is 10.0 Å². The van der Waals surface area contributed by atoms with Crippen LogP contribution in [0.1, 0.15) is 20.3 Å². The van der Waals surface area contributed by atoms with E-state index in [1.165, 1.54) is 4.31 Å². The summed E-state index contributed by atoms with van der Waals surface area (Å²) in [5.74, 6) is 0.653. The highest BCUT2D eigenvalue weighted by molar-refractivity contribution is 7.89. The second-order valence-corrected chi connectivity index (χ2v) is 5.92. The molecule has 0 aromatic heterocycles. The van der Waals surface area contributed by atoms with Gasteiger partial charge in [-0.1, -0.05) is 6.92 Å². The fourth-order valence-electron chi connectivity index (χ4n) is 1.72. The van der Waals surface area contributed by atoms with Crippen LogP contribution in [0.25, 0.3) is 0 Å². The predicted molar refractivity (Wildman–Crippen MR) is 73.7 cm³/mol. The normalized spacial score (nSPS) is 11.8. The van der Waals surface area contributed by atoms with Crippen LogP contribution in [0.5, 0.6) is 5.75 Å². The maximum Gasteiger partial charge on any atom is 0.243 e. The van der Waals surface area contributed by atoms with E-state index in [1.807, 2.05) is 6.92 Å². The summed E-state index contributed by atoms with van der Waals surface area (Å²) in [5.41, 5.74) is 0. The van der Waals surface area contributed by atoms with Crippen LogP contribution in [0.4, 0.5) is 0 Å². The van der Waals surface area contributed by atoms with E-state index < -0.39 is 10.0 Å². The minimum atomic E-state index is -3.49. The van der Waals surface area contributed by atoms with E-state index in [0.717, 1.165) is 0 Å². The van der Waals surface area contributed by atoms with Crippen LogP contribution in [0, 0.1) is 0 Å². The average Bonchev–Trinajstić information content (AvgIpc) is 2.40. The molecule has 1 rings (SSSR count). The van der Waals surface area contributed by atoms with Gasteiger partial charge in [0.15, 0.2) is 0 Å². The molecule has 1 aromatic rings. The second kappa shape index (κ2) is 7.47. The van der Waals surface area contributed by atoms with Crippen LogP contribution >= 0.6 is 0 Å². The minimum absolute atomic E-state index is 0.0186. The van der Waals surface area contributed by atoms with Gasteiger partial charge in [-0.05, 0) is 37.6 Å². The SMILES string of the molecule is CCOc1ccc(S(=O)(=O)N(CC)CCCO)cc1. The van der Waals surface area contributed by atoms with Crippen molar-refractivity contribution in [2.45, 2.75) is 25.2 Å². The molecule has 0 radical (unpaired) electrons. The molecule has 108 valence electrons. The van der Waals surface area contributed by atoms with Gasteiger partial charge in [0.05, 0.1) is 11.5 Å². The van der Waals surface area contributed by atoms with Crippen LogP contribution in [0.3, 0.4) is 0 Å². The Balaban J connectivity index is 2.91. The largest absolute Gasteiger partial charge is 0.494 e. The molecule has 5 nitrogen and oxygen atoms in total. The fourth-order valence-corrected chi connectivity index (χ4v) is 3.21. The predicted octanol–water partition coefficient (Wildman–Crippen LogP) is 1.48. The first-order chi connectivity index (χ1) is 9.06. The molecule has 1 aromatic carbocycles. The molecule has 0 saturated heterocycles. The molecular formula is C13H21NO4S. The Bertz CT molecular complexity index is 470. The number of sulfonamides is 1. The van der Waals surface area contributed by atoms with Crippen LogP contribution in [-0.4, -0.2) is 44.1 Å². The number of hydrogen-bond acceptors (Lipinski definition) is 4. The minimum Gasteiger partial charge on any atom is -0.494 e. The number of ether oxygens (including phenoxy) is 1. The van der Waals surface area contributed by atoms with E-state index in [9.17, 15) is 8.42 Å². The van der Waals surface area contributed by atoms with E-state index in [0.29, 0.717) is 31.9 Å². The van der Waals surface area contributed by atoms with Crippen LogP contribution in [0.15, 0.2) is 29.2 Å². The summed E-state index contributed by atoms with van der Waals surface area (Å²) in [6.45, 7) is 4.89. The number of hydrogen-bond donors (Lipinski definition) is 1. The molecule has 0 aliphatic heterocycles. The Morgan fingerprint density at radius 1 is 1.21 bits per heavy atom. The van der Waals surface area contributed by atoms with Crippen molar-refractivity contribution in [2.24, 2.45) is 0 Å². The summed E-state index contributed by atoms with van der Waals surface area (Å²) in [5, 5.41) is 8.80. The summed E-state index contributed by atoms with van der Waals surface area (Å²) in [6, 6.07) is 6.39. The third kappa shape index (κ3) is 4.19. The van der Waals surface area contributed by atoms with Gasteiger partial charge in [-0.3, -0.25) is 0 Å². The van der Waals surface area contributed by atoms with Gasteiger partial charge >= 0.3 is 0 Å². The van der Waals surface area contributed by atoms with Crippen LogP contribution < -0.4 is 4.74 Å². The van der Waals surface area contributed by atoms with Crippen molar-refractivity contribution in [1.29, 1.82) is 0 Å². The molecule has 0 amide bonds. The molecule has 0 aliphatic rings. The van der Waals surface area contributed by atoms with Crippen LogP contribution in [0.2, 0.25) is 0 Å². The Morgan fingerprint density at radius 3 is 2.32 bits per heavy atom. The van der Waals surface area contributed by atoms with Gasteiger partial charge in [0.2, 0.25) is 10.0 Å². The van der Waals surface area contributed by atoms with Crippen molar-refractivity contribution < 1.29 is 18.3 Å². The first kappa shape index (κ1) is 15.9. The van der Waals surface area contributed by atoms with Gasteiger partial charge in [-0.15, -0.1) is 0 Å². The molecule has 1 N–H and O–H groups in total. The molecule has 0 bridgehead atoms. The lowest BCUT2D eigenvalue weighted by atomic mass is 10.3.